The number of aryl methyl sites for hydroxylation is 1. The molecule has 0 bridgehead atoms. The van der Waals surface area contributed by atoms with E-state index in [0.29, 0.717) is 26.2 Å². The average molecular weight is 333 g/mol. The molecule has 0 saturated carbocycles. The van der Waals surface area contributed by atoms with Gasteiger partial charge in [-0.3, -0.25) is 0 Å². The molecule has 1 aromatic rings. The summed E-state index contributed by atoms with van der Waals surface area (Å²) in [5.74, 6) is 0. The molecule has 1 aliphatic rings. The molecule has 2 N–H and O–H groups in total. The summed E-state index contributed by atoms with van der Waals surface area (Å²) in [6, 6.07) is 8.15. The Morgan fingerprint density at radius 2 is 1.96 bits per heavy atom. The summed E-state index contributed by atoms with van der Waals surface area (Å²) in [5, 5.41) is 5.89. The van der Waals surface area contributed by atoms with E-state index >= 15 is 0 Å². The van der Waals surface area contributed by atoms with Crippen LogP contribution in [0.25, 0.3) is 0 Å². The summed E-state index contributed by atoms with van der Waals surface area (Å²) in [7, 11) is 0. The van der Waals surface area contributed by atoms with Gasteiger partial charge < -0.3 is 20.3 Å². The molecule has 1 heterocycles. The fourth-order valence-corrected chi connectivity index (χ4v) is 2.86. The highest BCUT2D eigenvalue weighted by Gasteiger charge is 2.24. The van der Waals surface area contributed by atoms with Gasteiger partial charge in [0.15, 0.2) is 0 Å². The van der Waals surface area contributed by atoms with Crippen molar-refractivity contribution in [1.29, 1.82) is 0 Å². The number of amides is 3. The van der Waals surface area contributed by atoms with E-state index in [2.05, 4.69) is 29.7 Å². The smallest absolute Gasteiger partial charge is 0.409 e. The highest BCUT2D eigenvalue weighted by Crippen LogP contribution is 2.11. The van der Waals surface area contributed by atoms with Gasteiger partial charge in [0.25, 0.3) is 0 Å². The SMILES string of the molecule is CCOC(=O)N1CCC(NC(=O)NCCc2ccccc2C)CC1. The highest BCUT2D eigenvalue weighted by atomic mass is 16.6. The first-order chi connectivity index (χ1) is 11.6. The van der Waals surface area contributed by atoms with Gasteiger partial charge in [-0.2, -0.15) is 0 Å². The van der Waals surface area contributed by atoms with Crippen LogP contribution in [0.4, 0.5) is 9.59 Å². The number of likely N-dealkylation sites (tertiary alicyclic amines) is 1. The Morgan fingerprint density at radius 3 is 2.62 bits per heavy atom. The molecule has 0 radical (unpaired) electrons. The molecule has 0 atom stereocenters. The van der Waals surface area contributed by atoms with Crippen molar-refractivity contribution in [3.05, 3.63) is 35.4 Å². The molecule has 1 aromatic carbocycles. The molecule has 6 heteroatoms. The normalized spacial score (nSPS) is 15.0. The lowest BCUT2D eigenvalue weighted by molar-refractivity contribution is 0.0957. The lowest BCUT2D eigenvalue weighted by Gasteiger charge is -2.31. The summed E-state index contributed by atoms with van der Waals surface area (Å²) in [6.07, 6.45) is 2.06. The van der Waals surface area contributed by atoms with Crippen LogP contribution in [0.5, 0.6) is 0 Å². The van der Waals surface area contributed by atoms with Crippen molar-refractivity contribution in [2.24, 2.45) is 0 Å². The number of benzene rings is 1. The monoisotopic (exact) mass is 333 g/mol. The largest absolute Gasteiger partial charge is 0.450 e. The molecule has 1 fully saturated rings. The van der Waals surface area contributed by atoms with Crippen LogP contribution in [0, 0.1) is 6.92 Å². The number of urea groups is 1. The number of ether oxygens (including phenoxy) is 1. The number of hydrogen-bond donors (Lipinski definition) is 2. The Bertz CT molecular complexity index is 554. The van der Waals surface area contributed by atoms with E-state index in [4.69, 9.17) is 4.74 Å². The summed E-state index contributed by atoms with van der Waals surface area (Å²) in [5.41, 5.74) is 2.49. The van der Waals surface area contributed by atoms with Crippen molar-refractivity contribution in [2.45, 2.75) is 39.2 Å². The number of nitrogens with one attached hydrogen (secondary N) is 2. The number of hydrogen-bond acceptors (Lipinski definition) is 3. The van der Waals surface area contributed by atoms with E-state index < -0.39 is 0 Å². The third-order valence-corrected chi connectivity index (χ3v) is 4.30. The molecule has 0 spiro atoms. The van der Waals surface area contributed by atoms with Gasteiger partial charge >= 0.3 is 12.1 Å². The molecule has 6 nitrogen and oxygen atoms in total. The topological polar surface area (TPSA) is 70.7 Å². The summed E-state index contributed by atoms with van der Waals surface area (Å²) in [4.78, 5) is 25.3. The fourth-order valence-electron chi connectivity index (χ4n) is 2.86. The van der Waals surface area contributed by atoms with Gasteiger partial charge in [0, 0.05) is 25.7 Å². The lowest BCUT2D eigenvalue weighted by atomic mass is 10.1. The quantitative estimate of drug-likeness (QED) is 0.869. The van der Waals surface area contributed by atoms with Crippen molar-refractivity contribution >= 4 is 12.1 Å². The van der Waals surface area contributed by atoms with Crippen molar-refractivity contribution in [3.63, 3.8) is 0 Å². The number of piperidine rings is 1. The maximum atomic E-state index is 12.0. The van der Waals surface area contributed by atoms with Crippen molar-refractivity contribution in [2.75, 3.05) is 26.2 Å². The van der Waals surface area contributed by atoms with Crippen LogP contribution in [-0.2, 0) is 11.2 Å². The summed E-state index contributed by atoms with van der Waals surface area (Å²) in [6.45, 7) is 6.11. The molecule has 2 rings (SSSR count). The van der Waals surface area contributed by atoms with Crippen LogP contribution >= 0.6 is 0 Å². The van der Waals surface area contributed by atoms with Crippen LogP contribution in [-0.4, -0.2) is 49.3 Å². The van der Waals surface area contributed by atoms with E-state index in [1.807, 2.05) is 12.1 Å². The van der Waals surface area contributed by atoms with Crippen molar-refractivity contribution in [3.8, 4) is 0 Å². The van der Waals surface area contributed by atoms with Gasteiger partial charge in [-0.05, 0) is 44.2 Å². The molecule has 0 unspecified atom stereocenters. The van der Waals surface area contributed by atoms with Gasteiger partial charge in [-0.1, -0.05) is 24.3 Å². The minimum Gasteiger partial charge on any atom is -0.450 e. The average Bonchev–Trinajstić information content (AvgIpc) is 2.57. The highest BCUT2D eigenvalue weighted by molar-refractivity contribution is 5.74. The summed E-state index contributed by atoms with van der Waals surface area (Å²) < 4.78 is 4.99. The zero-order valence-electron chi connectivity index (χ0n) is 14.5. The second kappa shape index (κ2) is 9.15. The number of rotatable bonds is 5. The molecule has 132 valence electrons. The number of carbonyl (C=O) groups excluding carboxylic acids is 2. The third-order valence-electron chi connectivity index (χ3n) is 4.30. The first-order valence-electron chi connectivity index (χ1n) is 8.60. The third kappa shape index (κ3) is 5.44. The maximum Gasteiger partial charge on any atom is 0.409 e. The minimum atomic E-state index is -0.265. The number of nitrogens with zero attached hydrogens (tertiary/aromatic N) is 1. The van der Waals surface area contributed by atoms with Crippen LogP contribution in [0.1, 0.15) is 30.9 Å². The van der Waals surface area contributed by atoms with Crippen LogP contribution < -0.4 is 10.6 Å². The first-order valence-corrected chi connectivity index (χ1v) is 8.60. The maximum absolute atomic E-state index is 12.0. The van der Waals surface area contributed by atoms with Gasteiger partial charge in [0.05, 0.1) is 6.61 Å². The fraction of sp³-hybridized carbons (Fsp3) is 0.556. The molecular formula is C18H27N3O3. The van der Waals surface area contributed by atoms with E-state index in [0.717, 1.165) is 19.3 Å². The van der Waals surface area contributed by atoms with Gasteiger partial charge in [0.2, 0.25) is 0 Å². The zero-order chi connectivity index (χ0) is 17.4. The minimum absolute atomic E-state index is 0.106. The Hall–Kier alpha value is -2.24. The van der Waals surface area contributed by atoms with Crippen molar-refractivity contribution in [1.82, 2.24) is 15.5 Å². The number of carbonyl (C=O) groups is 2. The van der Waals surface area contributed by atoms with Gasteiger partial charge in [-0.25, -0.2) is 9.59 Å². The second-order valence-corrected chi connectivity index (χ2v) is 6.04. The Morgan fingerprint density at radius 1 is 1.25 bits per heavy atom. The van der Waals surface area contributed by atoms with Crippen LogP contribution in [0.3, 0.4) is 0 Å². The predicted octanol–water partition coefficient (Wildman–Crippen LogP) is 2.46. The zero-order valence-corrected chi connectivity index (χ0v) is 14.5. The Labute approximate surface area is 143 Å². The Kier molecular flexibility index (Phi) is 6.90. The van der Waals surface area contributed by atoms with Crippen LogP contribution in [0.2, 0.25) is 0 Å². The van der Waals surface area contributed by atoms with E-state index in [1.54, 1.807) is 11.8 Å². The van der Waals surface area contributed by atoms with Gasteiger partial charge in [0.1, 0.15) is 0 Å². The molecule has 3 amide bonds. The summed E-state index contributed by atoms with van der Waals surface area (Å²) >= 11 is 0. The standard InChI is InChI=1S/C18H27N3O3/c1-3-24-18(23)21-12-9-16(10-13-21)20-17(22)19-11-8-15-7-5-4-6-14(15)2/h4-7,16H,3,8-13H2,1-2H3,(H2,19,20,22). The van der Waals surface area contributed by atoms with E-state index in [9.17, 15) is 9.59 Å². The lowest BCUT2D eigenvalue weighted by Crippen LogP contribution is -2.49. The predicted molar refractivity (Wildman–Crippen MR) is 93.0 cm³/mol. The molecule has 0 aromatic heterocycles. The van der Waals surface area contributed by atoms with Crippen LogP contribution in [0.15, 0.2) is 24.3 Å². The molecular weight excluding hydrogens is 306 g/mol. The molecule has 24 heavy (non-hydrogen) atoms. The van der Waals surface area contributed by atoms with Crippen molar-refractivity contribution < 1.29 is 14.3 Å². The first kappa shape index (κ1) is 18.1. The second-order valence-electron chi connectivity index (χ2n) is 6.04. The molecule has 0 aliphatic carbocycles. The Balaban J connectivity index is 1.65. The molecule has 1 aliphatic heterocycles. The van der Waals surface area contributed by atoms with E-state index in [1.165, 1.54) is 11.1 Å². The van der Waals surface area contributed by atoms with Gasteiger partial charge in [-0.15, -0.1) is 0 Å². The molecule has 1 saturated heterocycles. The van der Waals surface area contributed by atoms with E-state index in [-0.39, 0.29) is 18.2 Å².